The molecule has 1 unspecified atom stereocenters. The van der Waals surface area contributed by atoms with E-state index in [-0.39, 0.29) is 24.7 Å². The summed E-state index contributed by atoms with van der Waals surface area (Å²) in [4.78, 5) is 22.3. The molecule has 0 aliphatic heterocycles. The normalized spacial score (nSPS) is 11.9. The maximum absolute atomic E-state index is 11.3. The van der Waals surface area contributed by atoms with Crippen LogP contribution in [-0.4, -0.2) is 36.5 Å². The Morgan fingerprint density at radius 1 is 1.38 bits per heavy atom. The van der Waals surface area contributed by atoms with E-state index in [4.69, 9.17) is 4.74 Å². The van der Waals surface area contributed by atoms with Crippen LogP contribution >= 0.6 is 11.8 Å². The fourth-order valence-electron chi connectivity index (χ4n) is 1.07. The molecule has 1 atom stereocenters. The van der Waals surface area contributed by atoms with Crippen molar-refractivity contribution in [1.82, 2.24) is 5.32 Å². The molecular weight excluding hydrogens is 226 g/mol. The fraction of sp³-hybridized carbons (Fsp3) is 0.818. The lowest BCUT2D eigenvalue weighted by Crippen LogP contribution is -2.26. The number of hydrogen-bond acceptors (Lipinski definition) is 4. The van der Waals surface area contributed by atoms with Crippen molar-refractivity contribution in [3.05, 3.63) is 0 Å². The van der Waals surface area contributed by atoms with Gasteiger partial charge in [0.15, 0.2) is 0 Å². The van der Waals surface area contributed by atoms with Gasteiger partial charge in [-0.15, -0.1) is 0 Å². The molecule has 0 heterocycles. The van der Waals surface area contributed by atoms with Gasteiger partial charge in [-0.3, -0.25) is 9.59 Å². The second-order valence-electron chi connectivity index (χ2n) is 3.49. The minimum Gasteiger partial charge on any atom is -0.466 e. The summed E-state index contributed by atoms with van der Waals surface area (Å²) >= 11 is 1.78. The van der Waals surface area contributed by atoms with Gasteiger partial charge in [0.1, 0.15) is 0 Å². The Labute approximate surface area is 101 Å². The van der Waals surface area contributed by atoms with Crippen molar-refractivity contribution in [3.63, 3.8) is 0 Å². The van der Waals surface area contributed by atoms with E-state index in [0.29, 0.717) is 18.4 Å². The lowest BCUT2D eigenvalue weighted by molar-refractivity contribution is -0.144. The van der Waals surface area contributed by atoms with Crippen molar-refractivity contribution in [2.45, 2.75) is 38.4 Å². The number of nitrogens with one attached hydrogen (secondary N) is 1. The lowest BCUT2D eigenvalue weighted by atomic mass is 10.3. The molecule has 0 aromatic carbocycles. The Morgan fingerprint density at radius 3 is 2.62 bits per heavy atom. The largest absolute Gasteiger partial charge is 0.466 e. The van der Waals surface area contributed by atoms with E-state index in [1.54, 1.807) is 18.7 Å². The van der Waals surface area contributed by atoms with Crippen LogP contribution in [0, 0.1) is 0 Å². The van der Waals surface area contributed by atoms with Gasteiger partial charge in [-0.25, -0.2) is 0 Å². The van der Waals surface area contributed by atoms with E-state index in [1.165, 1.54) is 0 Å². The van der Waals surface area contributed by atoms with Gasteiger partial charge in [0.05, 0.1) is 13.0 Å². The van der Waals surface area contributed by atoms with Gasteiger partial charge in [0.25, 0.3) is 0 Å². The Morgan fingerprint density at radius 2 is 2.06 bits per heavy atom. The van der Waals surface area contributed by atoms with E-state index in [0.717, 1.165) is 6.42 Å². The molecular formula is C11H21NO3S. The Bertz CT molecular complexity index is 221. The molecule has 0 saturated carbocycles. The predicted octanol–water partition coefficient (Wildman–Crippen LogP) is 1.59. The zero-order chi connectivity index (χ0) is 12.4. The maximum Gasteiger partial charge on any atom is 0.306 e. The van der Waals surface area contributed by atoms with Crippen LogP contribution in [-0.2, 0) is 14.3 Å². The van der Waals surface area contributed by atoms with Crippen LogP contribution in [0.1, 0.15) is 33.1 Å². The van der Waals surface area contributed by atoms with Crippen LogP contribution in [0.5, 0.6) is 0 Å². The number of amides is 1. The molecule has 16 heavy (non-hydrogen) atoms. The Balaban J connectivity index is 3.48. The number of rotatable bonds is 8. The third kappa shape index (κ3) is 8.59. The summed E-state index contributed by atoms with van der Waals surface area (Å²) in [7, 11) is 0. The molecule has 0 saturated heterocycles. The highest BCUT2D eigenvalue weighted by Crippen LogP contribution is 2.07. The number of ether oxygens (including phenoxy) is 1. The van der Waals surface area contributed by atoms with Crippen molar-refractivity contribution in [2.75, 3.05) is 19.4 Å². The van der Waals surface area contributed by atoms with Gasteiger partial charge >= 0.3 is 5.97 Å². The Kier molecular flexibility index (Phi) is 9.09. The highest BCUT2D eigenvalue weighted by atomic mass is 32.2. The molecule has 0 spiro atoms. The van der Waals surface area contributed by atoms with Gasteiger partial charge in [0.2, 0.25) is 5.91 Å². The molecule has 0 bridgehead atoms. The number of esters is 1. The molecule has 0 rings (SSSR count). The van der Waals surface area contributed by atoms with Gasteiger partial charge in [-0.1, -0.05) is 6.92 Å². The van der Waals surface area contributed by atoms with Gasteiger partial charge in [-0.2, -0.15) is 11.8 Å². The zero-order valence-electron chi connectivity index (χ0n) is 10.2. The van der Waals surface area contributed by atoms with Crippen LogP contribution in [0.2, 0.25) is 0 Å². The van der Waals surface area contributed by atoms with Crippen molar-refractivity contribution in [1.29, 1.82) is 0 Å². The van der Waals surface area contributed by atoms with E-state index >= 15 is 0 Å². The summed E-state index contributed by atoms with van der Waals surface area (Å²) in [6, 6.07) is 0. The summed E-state index contributed by atoms with van der Waals surface area (Å²) in [5.41, 5.74) is 0. The van der Waals surface area contributed by atoms with Crippen LogP contribution in [0.25, 0.3) is 0 Å². The minimum atomic E-state index is -0.310. The molecule has 0 aliphatic rings. The van der Waals surface area contributed by atoms with Crippen molar-refractivity contribution >= 4 is 23.6 Å². The lowest BCUT2D eigenvalue weighted by Gasteiger charge is -2.08. The fourth-order valence-corrected chi connectivity index (χ4v) is 1.42. The average Bonchev–Trinajstić information content (AvgIpc) is 2.26. The van der Waals surface area contributed by atoms with Crippen molar-refractivity contribution in [2.24, 2.45) is 0 Å². The van der Waals surface area contributed by atoms with Gasteiger partial charge < -0.3 is 10.1 Å². The van der Waals surface area contributed by atoms with Crippen molar-refractivity contribution < 1.29 is 14.3 Å². The maximum atomic E-state index is 11.3. The molecule has 0 aromatic rings. The number of carbonyl (C=O) groups is 2. The third-order valence-electron chi connectivity index (χ3n) is 2.14. The molecule has 5 heteroatoms. The molecule has 1 amide bonds. The molecule has 0 radical (unpaired) electrons. The zero-order valence-corrected chi connectivity index (χ0v) is 11.1. The van der Waals surface area contributed by atoms with E-state index in [1.807, 2.05) is 6.26 Å². The van der Waals surface area contributed by atoms with Crippen LogP contribution < -0.4 is 5.32 Å². The highest BCUT2D eigenvalue weighted by molar-refractivity contribution is 7.99. The second-order valence-corrected chi connectivity index (χ2v) is 4.77. The SMILES string of the molecule is CCOC(=O)CCC(=O)NCCC(C)SC. The first-order chi connectivity index (χ1) is 7.60. The van der Waals surface area contributed by atoms with Crippen LogP contribution in [0.15, 0.2) is 0 Å². The van der Waals surface area contributed by atoms with Gasteiger partial charge in [0, 0.05) is 18.2 Å². The first-order valence-corrected chi connectivity index (χ1v) is 6.84. The number of thioether (sulfide) groups is 1. The number of hydrogen-bond donors (Lipinski definition) is 1. The average molecular weight is 247 g/mol. The molecule has 4 nitrogen and oxygen atoms in total. The molecule has 1 N–H and O–H groups in total. The predicted molar refractivity (Wildman–Crippen MR) is 66.5 cm³/mol. The molecule has 0 fully saturated rings. The van der Waals surface area contributed by atoms with Crippen LogP contribution in [0.4, 0.5) is 0 Å². The van der Waals surface area contributed by atoms with Crippen LogP contribution in [0.3, 0.4) is 0 Å². The van der Waals surface area contributed by atoms with E-state index in [2.05, 4.69) is 12.2 Å². The first kappa shape index (κ1) is 15.3. The standard InChI is InChI=1S/C11H21NO3S/c1-4-15-11(14)6-5-10(13)12-8-7-9(2)16-3/h9H,4-8H2,1-3H3,(H,12,13). The third-order valence-corrected chi connectivity index (χ3v) is 3.18. The number of carbonyl (C=O) groups excluding carboxylic acids is 2. The minimum absolute atomic E-state index is 0.0821. The highest BCUT2D eigenvalue weighted by Gasteiger charge is 2.07. The molecule has 0 aromatic heterocycles. The Hall–Kier alpha value is -0.710. The van der Waals surface area contributed by atoms with Crippen molar-refractivity contribution in [3.8, 4) is 0 Å². The summed E-state index contributed by atoms with van der Waals surface area (Å²) in [5.74, 6) is -0.392. The second kappa shape index (κ2) is 9.51. The van der Waals surface area contributed by atoms with E-state index < -0.39 is 0 Å². The summed E-state index contributed by atoms with van der Waals surface area (Å²) < 4.78 is 4.73. The topological polar surface area (TPSA) is 55.4 Å². The monoisotopic (exact) mass is 247 g/mol. The quantitative estimate of drug-likeness (QED) is 0.662. The molecule has 0 aliphatic carbocycles. The summed E-state index contributed by atoms with van der Waals surface area (Å²) in [6.07, 6.45) is 3.38. The first-order valence-electron chi connectivity index (χ1n) is 5.55. The van der Waals surface area contributed by atoms with Gasteiger partial charge in [-0.05, 0) is 19.6 Å². The summed E-state index contributed by atoms with van der Waals surface area (Å²) in [6.45, 7) is 4.91. The molecule has 94 valence electrons. The van der Waals surface area contributed by atoms with E-state index in [9.17, 15) is 9.59 Å². The summed E-state index contributed by atoms with van der Waals surface area (Å²) in [5, 5.41) is 3.33. The smallest absolute Gasteiger partial charge is 0.306 e.